The van der Waals surface area contributed by atoms with Crippen molar-refractivity contribution in [2.75, 3.05) is 17.2 Å². The number of halogens is 1. The van der Waals surface area contributed by atoms with E-state index in [-0.39, 0.29) is 16.9 Å². The first-order chi connectivity index (χ1) is 15.9. The Kier molecular flexibility index (Phi) is 8.97. The molecule has 170 valence electrons. The standard InChI is InChI=1S/C25H24BrN3O3S/c1-2-23(30)27-19-9-6-10-20(16-19)28-25(33)29-24(31)18-11-12-22(21(26)15-18)32-14-13-17-7-4-3-5-8-17/h3-12,15-16H,2,13-14H2,1H3,(H,27,30)(H2,28,29,31,33). The molecule has 0 aliphatic carbocycles. The fourth-order valence-electron chi connectivity index (χ4n) is 2.94. The molecule has 8 heteroatoms. The molecule has 0 radical (unpaired) electrons. The molecule has 2 amide bonds. The number of hydrogen-bond acceptors (Lipinski definition) is 4. The van der Waals surface area contributed by atoms with Crippen molar-refractivity contribution in [1.82, 2.24) is 5.32 Å². The SMILES string of the molecule is CCC(=O)Nc1cccc(NC(=S)NC(=O)c2ccc(OCCc3ccccc3)c(Br)c2)c1. The van der Waals surface area contributed by atoms with Gasteiger partial charge in [-0.3, -0.25) is 14.9 Å². The van der Waals surface area contributed by atoms with E-state index in [9.17, 15) is 9.59 Å². The van der Waals surface area contributed by atoms with E-state index in [4.69, 9.17) is 17.0 Å². The number of anilines is 2. The average Bonchev–Trinajstić information content (AvgIpc) is 2.80. The zero-order valence-electron chi connectivity index (χ0n) is 18.1. The molecular formula is C25H24BrN3O3S. The lowest BCUT2D eigenvalue weighted by Gasteiger charge is -2.12. The minimum atomic E-state index is -0.348. The van der Waals surface area contributed by atoms with Gasteiger partial charge in [-0.05, 0) is 70.1 Å². The average molecular weight is 526 g/mol. The van der Waals surface area contributed by atoms with Crippen molar-refractivity contribution in [3.8, 4) is 5.75 Å². The van der Waals surface area contributed by atoms with Crippen LogP contribution in [0.1, 0.15) is 29.3 Å². The van der Waals surface area contributed by atoms with Crippen LogP contribution >= 0.6 is 28.1 Å². The van der Waals surface area contributed by atoms with E-state index >= 15 is 0 Å². The monoisotopic (exact) mass is 525 g/mol. The Labute approximate surface area is 206 Å². The minimum Gasteiger partial charge on any atom is -0.492 e. The second-order valence-electron chi connectivity index (χ2n) is 7.12. The van der Waals surface area contributed by atoms with Gasteiger partial charge in [0.1, 0.15) is 5.75 Å². The second kappa shape index (κ2) is 12.1. The Morgan fingerprint density at radius 3 is 2.36 bits per heavy atom. The number of ether oxygens (including phenoxy) is 1. The molecule has 0 fully saturated rings. The number of hydrogen-bond donors (Lipinski definition) is 3. The summed E-state index contributed by atoms with van der Waals surface area (Å²) in [6.07, 6.45) is 1.18. The molecule has 0 bridgehead atoms. The fraction of sp³-hybridized carbons (Fsp3) is 0.160. The molecule has 0 saturated carbocycles. The predicted molar refractivity (Wildman–Crippen MR) is 139 cm³/mol. The summed E-state index contributed by atoms with van der Waals surface area (Å²) in [5.74, 6) is 0.231. The van der Waals surface area contributed by atoms with Crippen molar-refractivity contribution in [2.45, 2.75) is 19.8 Å². The summed E-state index contributed by atoms with van der Waals surface area (Å²) >= 11 is 8.73. The number of carbonyl (C=O) groups excluding carboxylic acids is 2. The Hall–Kier alpha value is -3.23. The van der Waals surface area contributed by atoms with E-state index in [1.54, 1.807) is 49.4 Å². The second-order valence-corrected chi connectivity index (χ2v) is 8.38. The van der Waals surface area contributed by atoms with Gasteiger partial charge in [-0.15, -0.1) is 0 Å². The van der Waals surface area contributed by atoms with Crippen LogP contribution in [0.25, 0.3) is 0 Å². The molecule has 3 aromatic carbocycles. The molecule has 6 nitrogen and oxygen atoms in total. The van der Waals surface area contributed by atoms with Gasteiger partial charge in [0.25, 0.3) is 5.91 Å². The number of carbonyl (C=O) groups is 2. The summed E-state index contributed by atoms with van der Waals surface area (Å²) in [6, 6.07) is 22.3. The number of rotatable bonds is 8. The first-order valence-corrected chi connectivity index (χ1v) is 11.6. The van der Waals surface area contributed by atoms with E-state index < -0.39 is 0 Å². The van der Waals surface area contributed by atoms with Crippen LogP contribution in [0.4, 0.5) is 11.4 Å². The molecule has 0 atom stereocenters. The quantitative estimate of drug-likeness (QED) is 0.336. The minimum absolute atomic E-state index is 0.0823. The zero-order valence-corrected chi connectivity index (χ0v) is 20.5. The van der Waals surface area contributed by atoms with Crippen molar-refractivity contribution in [1.29, 1.82) is 0 Å². The van der Waals surface area contributed by atoms with Crippen LogP contribution in [0.2, 0.25) is 0 Å². The van der Waals surface area contributed by atoms with Gasteiger partial charge in [0.05, 0.1) is 11.1 Å². The molecule has 3 N–H and O–H groups in total. The lowest BCUT2D eigenvalue weighted by molar-refractivity contribution is -0.115. The van der Waals surface area contributed by atoms with Crippen LogP contribution in [0, 0.1) is 0 Å². The highest BCUT2D eigenvalue weighted by Gasteiger charge is 2.11. The fourth-order valence-corrected chi connectivity index (χ4v) is 3.65. The van der Waals surface area contributed by atoms with Gasteiger partial charge in [-0.25, -0.2) is 0 Å². The molecule has 0 spiro atoms. The number of nitrogens with one attached hydrogen (secondary N) is 3. The van der Waals surface area contributed by atoms with Crippen LogP contribution in [0.3, 0.4) is 0 Å². The molecule has 3 rings (SSSR count). The first-order valence-electron chi connectivity index (χ1n) is 10.4. The maximum Gasteiger partial charge on any atom is 0.257 e. The maximum absolute atomic E-state index is 12.6. The topological polar surface area (TPSA) is 79.5 Å². The van der Waals surface area contributed by atoms with Crippen molar-refractivity contribution >= 4 is 56.4 Å². The highest BCUT2D eigenvalue weighted by Crippen LogP contribution is 2.26. The summed E-state index contributed by atoms with van der Waals surface area (Å²) < 4.78 is 6.52. The predicted octanol–water partition coefficient (Wildman–Crippen LogP) is 5.55. The van der Waals surface area contributed by atoms with Crippen molar-refractivity contribution < 1.29 is 14.3 Å². The summed E-state index contributed by atoms with van der Waals surface area (Å²) in [5, 5.41) is 8.55. The van der Waals surface area contributed by atoms with E-state index in [1.165, 1.54) is 5.56 Å². The molecular weight excluding hydrogens is 502 g/mol. The van der Waals surface area contributed by atoms with E-state index in [1.807, 2.05) is 18.2 Å². The maximum atomic E-state index is 12.6. The molecule has 0 aliphatic rings. The van der Waals surface area contributed by atoms with E-state index in [0.717, 1.165) is 6.42 Å². The summed E-state index contributed by atoms with van der Waals surface area (Å²) in [4.78, 5) is 24.2. The lowest BCUT2D eigenvalue weighted by atomic mass is 10.2. The van der Waals surface area contributed by atoms with Crippen LogP contribution in [-0.4, -0.2) is 23.5 Å². The Bertz CT molecular complexity index is 1140. The highest BCUT2D eigenvalue weighted by atomic mass is 79.9. The summed E-state index contributed by atoms with van der Waals surface area (Å²) in [7, 11) is 0. The van der Waals surface area contributed by atoms with Gasteiger partial charge in [-0.2, -0.15) is 0 Å². The normalized spacial score (nSPS) is 10.2. The largest absolute Gasteiger partial charge is 0.492 e. The van der Waals surface area contributed by atoms with Crippen molar-refractivity contribution in [3.63, 3.8) is 0 Å². The third-order valence-corrected chi connectivity index (χ3v) is 5.46. The molecule has 0 aromatic heterocycles. The number of benzene rings is 3. The third-order valence-electron chi connectivity index (χ3n) is 4.64. The van der Waals surface area contributed by atoms with Crippen molar-refractivity contribution in [2.24, 2.45) is 0 Å². The van der Waals surface area contributed by atoms with Gasteiger partial charge in [0.2, 0.25) is 5.91 Å². The molecule has 0 saturated heterocycles. The molecule has 3 aromatic rings. The molecule has 0 unspecified atom stereocenters. The first kappa shape index (κ1) is 24.4. The van der Waals surface area contributed by atoms with Gasteiger partial charge >= 0.3 is 0 Å². The van der Waals surface area contributed by atoms with Crippen LogP contribution < -0.4 is 20.7 Å². The van der Waals surface area contributed by atoms with Gasteiger partial charge in [0, 0.05) is 29.8 Å². The number of thiocarbonyl (C=S) groups is 1. The number of amides is 2. The van der Waals surface area contributed by atoms with E-state index in [0.29, 0.717) is 40.2 Å². The Morgan fingerprint density at radius 1 is 0.939 bits per heavy atom. The van der Waals surface area contributed by atoms with Crippen LogP contribution in [0.5, 0.6) is 5.75 Å². The smallest absolute Gasteiger partial charge is 0.257 e. The van der Waals surface area contributed by atoms with Gasteiger partial charge in [-0.1, -0.05) is 43.3 Å². The zero-order chi connectivity index (χ0) is 23.6. The molecule has 0 aliphatic heterocycles. The molecule has 0 heterocycles. The summed E-state index contributed by atoms with van der Waals surface area (Å²) in [6.45, 7) is 2.31. The Balaban J connectivity index is 1.53. The van der Waals surface area contributed by atoms with Gasteiger partial charge < -0.3 is 15.4 Å². The third kappa shape index (κ3) is 7.69. The summed E-state index contributed by atoms with van der Waals surface area (Å²) in [5.41, 5.74) is 2.93. The van der Waals surface area contributed by atoms with Gasteiger partial charge in [0.15, 0.2) is 5.11 Å². The van der Waals surface area contributed by atoms with E-state index in [2.05, 4.69) is 44.0 Å². The Morgan fingerprint density at radius 2 is 1.67 bits per heavy atom. The van der Waals surface area contributed by atoms with Crippen molar-refractivity contribution in [3.05, 3.63) is 88.4 Å². The highest BCUT2D eigenvalue weighted by molar-refractivity contribution is 9.10. The van der Waals surface area contributed by atoms with Crippen LogP contribution in [-0.2, 0) is 11.2 Å². The lowest BCUT2D eigenvalue weighted by Crippen LogP contribution is -2.34. The molecule has 33 heavy (non-hydrogen) atoms. The van der Waals surface area contributed by atoms with Crippen LogP contribution in [0.15, 0.2) is 77.3 Å².